The molecule has 2 aromatic carbocycles. The summed E-state index contributed by atoms with van der Waals surface area (Å²) in [6.07, 6.45) is 1.57. The Labute approximate surface area is 147 Å². The van der Waals surface area contributed by atoms with Gasteiger partial charge in [0.1, 0.15) is 11.3 Å². The fraction of sp³-hybridized carbons (Fsp3) is 0.0588. The number of amides is 2. The van der Waals surface area contributed by atoms with E-state index in [4.69, 9.17) is 4.74 Å². The van der Waals surface area contributed by atoms with Crippen molar-refractivity contribution in [1.29, 1.82) is 0 Å². The summed E-state index contributed by atoms with van der Waals surface area (Å²) in [6.45, 7) is 0. The van der Waals surface area contributed by atoms with E-state index >= 15 is 0 Å². The first-order valence-electron chi connectivity index (χ1n) is 6.85. The van der Waals surface area contributed by atoms with Gasteiger partial charge in [0.05, 0.1) is 12.8 Å². The fourth-order valence-electron chi connectivity index (χ4n) is 2.20. The first kappa shape index (κ1) is 15.5. The van der Waals surface area contributed by atoms with E-state index in [0.29, 0.717) is 5.69 Å². The van der Waals surface area contributed by atoms with Crippen molar-refractivity contribution in [3.63, 3.8) is 0 Å². The molecule has 1 heterocycles. The van der Waals surface area contributed by atoms with Gasteiger partial charge in [0.25, 0.3) is 11.8 Å². The molecule has 1 aliphatic rings. The van der Waals surface area contributed by atoms with Crippen molar-refractivity contribution in [3.8, 4) is 5.75 Å². The molecule has 2 aromatic rings. The number of nitrogens with zero attached hydrogens (tertiary/aromatic N) is 1. The molecule has 6 heteroatoms. The summed E-state index contributed by atoms with van der Waals surface area (Å²) in [5, 5.41) is 1.26. The van der Waals surface area contributed by atoms with E-state index in [1.807, 2.05) is 12.1 Å². The number of nitrogens with one attached hydrogen (secondary N) is 1. The van der Waals surface area contributed by atoms with Crippen molar-refractivity contribution in [2.45, 2.75) is 0 Å². The van der Waals surface area contributed by atoms with Crippen LogP contribution in [0.25, 0.3) is 6.08 Å². The Morgan fingerprint density at radius 3 is 2.30 bits per heavy atom. The summed E-state index contributed by atoms with van der Waals surface area (Å²) < 4.78 is 6.14. The monoisotopic (exact) mass is 420 g/mol. The quantitative estimate of drug-likeness (QED) is 0.472. The summed E-state index contributed by atoms with van der Waals surface area (Å²) in [5.41, 5.74) is 4.07. The SMILES string of the molecule is COc1ccc(/C=C2/C(=O)NN(c3ccc(I)cc3)C2=O)cc1. The molecule has 0 spiro atoms. The van der Waals surface area contributed by atoms with E-state index in [1.165, 1.54) is 5.01 Å². The molecule has 1 aliphatic heterocycles. The fourth-order valence-corrected chi connectivity index (χ4v) is 2.56. The highest BCUT2D eigenvalue weighted by atomic mass is 127. The van der Waals surface area contributed by atoms with Crippen molar-refractivity contribution in [3.05, 3.63) is 63.2 Å². The van der Waals surface area contributed by atoms with Crippen molar-refractivity contribution in [2.24, 2.45) is 0 Å². The third-order valence-corrected chi connectivity index (χ3v) is 4.12. The maximum absolute atomic E-state index is 12.5. The zero-order valence-corrected chi connectivity index (χ0v) is 14.4. The van der Waals surface area contributed by atoms with Crippen LogP contribution < -0.4 is 15.2 Å². The number of carbonyl (C=O) groups is 2. The van der Waals surface area contributed by atoms with E-state index in [0.717, 1.165) is 14.9 Å². The summed E-state index contributed by atoms with van der Waals surface area (Å²) >= 11 is 2.18. The predicted octanol–water partition coefficient (Wildman–Crippen LogP) is 2.76. The molecule has 1 saturated heterocycles. The molecule has 0 saturated carbocycles. The standard InChI is InChI=1S/C17H13IN2O3/c1-23-14-8-2-11(3-9-14)10-15-16(21)19-20(17(15)22)13-6-4-12(18)5-7-13/h2-10H,1H3,(H,19,21)/b15-10-. The normalized spacial score (nSPS) is 15.9. The summed E-state index contributed by atoms with van der Waals surface area (Å²) in [6, 6.07) is 14.5. The van der Waals surface area contributed by atoms with Gasteiger partial charge in [-0.2, -0.15) is 0 Å². The predicted molar refractivity (Wildman–Crippen MR) is 95.8 cm³/mol. The third kappa shape index (κ3) is 3.21. The molecule has 1 N–H and O–H groups in total. The lowest BCUT2D eigenvalue weighted by Crippen LogP contribution is -2.35. The molecule has 116 valence electrons. The zero-order valence-electron chi connectivity index (χ0n) is 12.2. The van der Waals surface area contributed by atoms with Crippen molar-refractivity contribution >= 4 is 46.2 Å². The van der Waals surface area contributed by atoms with Crippen LogP contribution in [0.4, 0.5) is 5.69 Å². The van der Waals surface area contributed by atoms with Crippen LogP contribution in [0.5, 0.6) is 5.75 Å². The van der Waals surface area contributed by atoms with E-state index in [1.54, 1.807) is 49.6 Å². The second kappa shape index (κ2) is 6.41. The van der Waals surface area contributed by atoms with Gasteiger partial charge >= 0.3 is 0 Å². The lowest BCUT2D eigenvalue weighted by molar-refractivity contribution is -0.117. The van der Waals surface area contributed by atoms with Gasteiger partial charge < -0.3 is 4.74 Å². The molecule has 0 radical (unpaired) electrons. The number of anilines is 1. The van der Waals surface area contributed by atoms with Gasteiger partial charge in [-0.1, -0.05) is 12.1 Å². The minimum atomic E-state index is -0.413. The molecule has 1 fully saturated rings. The maximum atomic E-state index is 12.5. The van der Waals surface area contributed by atoms with Crippen LogP contribution in [0.1, 0.15) is 5.56 Å². The number of rotatable bonds is 3. The Morgan fingerprint density at radius 1 is 1.04 bits per heavy atom. The van der Waals surface area contributed by atoms with Gasteiger partial charge in [0, 0.05) is 3.57 Å². The summed E-state index contributed by atoms with van der Waals surface area (Å²) in [7, 11) is 1.58. The molecule has 0 unspecified atom stereocenters. The average molecular weight is 420 g/mol. The summed E-state index contributed by atoms with van der Waals surface area (Å²) in [4.78, 5) is 24.6. The molecule has 0 atom stereocenters. The molecule has 2 amide bonds. The Hall–Kier alpha value is -2.35. The zero-order chi connectivity index (χ0) is 16.4. The van der Waals surface area contributed by atoms with Gasteiger partial charge in [-0.15, -0.1) is 0 Å². The van der Waals surface area contributed by atoms with E-state index in [9.17, 15) is 9.59 Å². The minimum Gasteiger partial charge on any atom is -0.497 e. The molecule has 0 aliphatic carbocycles. The lowest BCUT2D eigenvalue weighted by atomic mass is 10.1. The minimum absolute atomic E-state index is 0.105. The molecule has 3 rings (SSSR count). The van der Waals surface area contributed by atoms with Crippen molar-refractivity contribution in [2.75, 3.05) is 12.1 Å². The molecule has 5 nitrogen and oxygen atoms in total. The van der Waals surface area contributed by atoms with Crippen molar-refractivity contribution in [1.82, 2.24) is 5.43 Å². The Kier molecular flexibility index (Phi) is 4.33. The van der Waals surface area contributed by atoms with Gasteiger partial charge in [-0.3, -0.25) is 15.0 Å². The second-order valence-corrected chi connectivity index (χ2v) is 6.13. The second-order valence-electron chi connectivity index (χ2n) is 4.89. The number of hydrazine groups is 1. The third-order valence-electron chi connectivity index (χ3n) is 3.40. The van der Waals surface area contributed by atoms with E-state index in [-0.39, 0.29) is 11.5 Å². The van der Waals surface area contributed by atoms with E-state index in [2.05, 4.69) is 28.0 Å². The Bertz CT molecular complexity index is 782. The molecular weight excluding hydrogens is 407 g/mol. The highest BCUT2D eigenvalue weighted by Gasteiger charge is 2.34. The molecular formula is C17H13IN2O3. The van der Waals surface area contributed by atoms with Gasteiger partial charge in [0.15, 0.2) is 0 Å². The topological polar surface area (TPSA) is 58.6 Å². The van der Waals surface area contributed by atoms with Gasteiger partial charge in [0.2, 0.25) is 0 Å². The number of carbonyl (C=O) groups excluding carboxylic acids is 2. The largest absolute Gasteiger partial charge is 0.497 e. The number of methoxy groups -OCH3 is 1. The summed E-state index contributed by atoms with van der Waals surface area (Å²) in [5.74, 6) is -0.0636. The molecule has 23 heavy (non-hydrogen) atoms. The number of hydrogen-bond donors (Lipinski definition) is 1. The van der Waals surface area contributed by atoms with Crippen molar-refractivity contribution < 1.29 is 14.3 Å². The van der Waals surface area contributed by atoms with Crippen LogP contribution in [0.2, 0.25) is 0 Å². The lowest BCUT2D eigenvalue weighted by Gasteiger charge is -2.14. The van der Waals surface area contributed by atoms with Crippen LogP contribution in [0.15, 0.2) is 54.1 Å². The maximum Gasteiger partial charge on any atom is 0.282 e. The number of benzene rings is 2. The van der Waals surface area contributed by atoms with Crippen LogP contribution in [-0.2, 0) is 9.59 Å². The van der Waals surface area contributed by atoms with Gasteiger partial charge in [-0.25, -0.2) is 5.01 Å². The molecule has 0 bridgehead atoms. The first-order chi connectivity index (χ1) is 11.1. The average Bonchev–Trinajstić information content (AvgIpc) is 2.84. The van der Waals surface area contributed by atoms with Crippen LogP contribution in [0, 0.1) is 3.57 Å². The van der Waals surface area contributed by atoms with Crippen LogP contribution in [0.3, 0.4) is 0 Å². The van der Waals surface area contributed by atoms with Gasteiger partial charge in [-0.05, 0) is 70.6 Å². The van der Waals surface area contributed by atoms with Crippen LogP contribution >= 0.6 is 22.6 Å². The highest BCUT2D eigenvalue weighted by molar-refractivity contribution is 14.1. The Morgan fingerprint density at radius 2 is 1.70 bits per heavy atom. The van der Waals surface area contributed by atoms with E-state index < -0.39 is 5.91 Å². The smallest absolute Gasteiger partial charge is 0.282 e. The Balaban J connectivity index is 1.88. The number of hydrogen-bond acceptors (Lipinski definition) is 3. The number of halogens is 1. The highest BCUT2D eigenvalue weighted by Crippen LogP contribution is 2.23. The number of ether oxygens (including phenoxy) is 1. The molecule has 0 aromatic heterocycles. The first-order valence-corrected chi connectivity index (χ1v) is 7.93. The van der Waals surface area contributed by atoms with Crippen LogP contribution in [-0.4, -0.2) is 18.9 Å².